The summed E-state index contributed by atoms with van der Waals surface area (Å²) in [6, 6.07) is 8.43. The first-order valence-electron chi connectivity index (χ1n) is 6.75. The van der Waals surface area contributed by atoms with Gasteiger partial charge in [0.25, 0.3) is 0 Å². The van der Waals surface area contributed by atoms with Crippen molar-refractivity contribution in [2.75, 3.05) is 6.54 Å². The van der Waals surface area contributed by atoms with Crippen LogP contribution in [0.3, 0.4) is 0 Å². The summed E-state index contributed by atoms with van der Waals surface area (Å²) in [4.78, 5) is 1.19. The zero-order valence-electron chi connectivity index (χ0n) is 11.9. The summed E-state index contributed by atoms with van der Waals surface area (Å²) in [5, 5.41) is 12.1. The largest absolute Gasteiger partial charge is 0.387 e. The van der Waals surface area contributed by atoms with Crippen molar-refractivity contribution in [2.24, 2.45) is 0 Å². The summed E-state index contributed by atoms with van der Waals surface area (Å²) in [5.74, 6) is 0. The van der Waals surface area contributed by atoms with Crippen molar-refractivity contribution in [3.05, 3.63) is 51.7 Å². The maximum atomic E-state index is 12.8. The van der Waals surface area contributed by atoms with Gasteiger partial charge in [0.05, 0.1) is 17.0 Å². The molecule has 1 aromatic carbocycles. The molecule has 1 N–H and O–H groups in total. The maximum absolute atomic E-state index is 12.8. The number of aryl methyl sites for hydroxylation is 1. The van der Waals surface area contributed by atoms with Crippen LogP contribution in [-0.2, 0) is 10.0 Å². The molecule has 0 aliphatic carbocycles. The Morgan fingerprint density at radius 3 is 2.57 bits per heavy atom. The highest BCUT2D eigenvalue weighted by atomic mass is 32.2. The molecule has 2 atom stereocenters. The normalized spacial score (nSPS) is 23.0. The van der Waals surface area contributed by atoms with E-state index in [1.807, 2.05) is 25.3 Å². The fourth-order valence-corrected chi connectivity index (χ4v) is 5.36. The molecule has 0 amide bonds. The minimum Gasteiger partial charge on any atom is -0.387 e. The lowest BCUT2D eigenvalue weighted by Crippen LogP contribution is -2.40. The zero-order valence-corrected chi connectivity index (χ0v) is 13.5. The number of hydrogen-bond acceptors (Lipinski definition) is 4. The number of aliphatic hydroxyl groups is 1. The average Bonchev–Trinajstić information content (AvgIpc) is 2.93. The van der Waals surface area contributed by atoms with Crippen LogP contribution in [0.15, 0.2) is 40.6 Å². The lowest BCUT2D eigenvalue weighted by atomic mass is 10.0. The first kappa shape index (κ1) is 14.7. The van der Waals surface area contributed by atoms with E-state index in [4.69, 9.17) is 0 Å². The Bertz CT molecular complexity index is 749. The fourth-order valence-electron chi connectivity index (χ4n) is 2.66. The molecular weight excluding hydrogens is 306 g/mol. The molecule has 21 heavy (non-hydrogen) atoms. The second-order valence-corrected chi connectivity index (χ2v) is 8.16. The molecule has 1 aliphatic rings. The lowest BCUT2D eigenvalue weighted by molar-refractivity contribution is 0.120. The van der Waals surface area contributed by atoms with Crippen LogP contribution in [0.1, 0.15) is 35.1 Å². The van der Waals surface area contributed by atoms with Crippen LogP contribution in [0.25, 0.3) is 0 Å². The molecule has 0 saturated carbocycles. The Hall–Kier alpha value is -1.21. The van der Waals surface area contributed by atoms with Gasteiger partial charge in [-0.25, -0.2) is 8.42 Å². The van der Waals surface area contributed by atoms with E-state index >= 15 is 0 Å². The molecule has 1 aromatic heterocycles. The lowest BCUT2D eigenvalue weighted by Gasteiger charge is -2.35. The van der Waals surface area contributed by atoms with Crippen LogP contribution in [0.5, 0.6) is 0 Å². The van der Waals surface area contributed by atoms with Gasteiger partial charge in [-0.3, -0.25) is 0 Å². The van der Waals surface area contributed by atoms with E-state index in [0.717, 1.165) is 16.0 Å². The van der Waals surface area contributed by atoms with Crippen molar-refractivity contribution in [3.8, 4) is 0 Å². The Kier molecular flexibility index (Phi) is 3.65. The molecule has 1 aliphatic heterocycles. The monoisotopic (exact) mass is 323 g/mol. The summed E-state index contributed by atoms with van der Waals surface area (Å²) in [7, 11) is -3.60. The molecule has 2 unspecified atom stereocenters. The van der Waals surface area contributed by atoms with E-state index in [1.165, 1.54) is 15.6 Å². The zero-order chi connectivity index (χ0) is 15.2. The highest BCUT2D eigenvalue weighted by Gasteiger charge is 2.38. The summed E-state index contributed by atoms with van der Waals surface area (Å²) in [6.45, 7) is 3.88. The van der Waals surface area contributed by atoms with Crippen molar-refractivity contribution >= 4 is 21.4 Å². The Morgan fingerprint density at radius 2 is 1.90 bits per heavy atom. The average molecular weight is 323 g/mol. The van der Waals surface area contributed by atoms with E-state index in [-0.39, 0.29) is 17.5 Å². The van der Waals surface area contributed by atoms with Gasteiger partial charge >= 0.3 is 0 Å². The predicted molar refractivity (Wildman–Crippen MR) is 82.8 cm³/mol. The van der Waals surface area contributed by atoms with E-state index in [2.05, 4.69) is 0 Å². The van der Waals surface area contributed by atoms with Gasteiger partial charge in [-0.1, -0.05) is 17.7 Å². The summed E-state index contributed by atoms with van der Waals surface area (Å²) < 4.78 is 27.0. The van der Waals surface area contributed by atoms with Gasteiger partial charge in [0.1, 0.15) is 0 Å². The van der Waals surface area contributed by atoms with Crippen molar-refractivity contribution in [3.63, 3.8) is 0 Å². The molecule has 4 nitrogen and oxygen atoms in total. The number of β-amino-alcohol motifs (C(OH)–C–C–N with tert-alkyl or cyclic N) is 1. The van der Waals surface area contributed by atoms with Gasteiger partial charge < -0.3 is 5.11 Å². The fraction of sp³-hybridized carbons (Fsp3) is 0.333. The molecule has 0 saturated heterocycles. The van der Waals surface area contributed by atoms with Crippen molar-refractivity contribution in [1.29, 1.82) is 0 Å². The van der Waals surface area contributed by atoms with E-state index in [1.54, 1.807) is 24.3 Å². The number of benzene rings is 1. The number of hydrogen-bond donors (Lipinski definition) is 1. The van der Waals surface area contributed by atoms with E-state index in [0.29, 0.717) is 0 Å². The molecule has 0 fully saturated rings. The highest BCUT2D eigenvalue weighted by molar-refractivity contribution is 7.89. The number of sulfonamides is 1. The van der Waals surface area contributed by atoms with Gasteiger partial charge in [0.2, 0.25) is 10.0 Å². The van der Waals surface area contributed by atoms with Crippen molar-refractivity contribution in [2.45, 2.75) is 30.9 Å². The minimum atomic E-state index is -3.60. The molecule has 2 heterocycles. The molecule has 6 heteroatoms. The molecular formula is C15H17NO3S2. The van der Waals surface area contributed by atoms with Crippen LogP contribution in [-0.4, -0.2) is 24.4 Å². The summed E-state index contributed by atoms with van der Waals surface area (Å²) in [6.07, 6.45) is -0.761. The minimum absolute atomic E-state index is 0.0983. The second kappa shape index (κ2) is 5.21. The first-order chi connectivity index (χ1) is 9.91. The third kappa shape index (κ3) is 2.42. The summed E-state index contributed by atoms with van der Waals surface area (Å²) in [5.41, 5.74) is 1.86. The van der Waals surface area contributed by atoms with Gasteiger partial charge in [-0.05, 0) is 43.0 Å². The van der Waals surface area contributed by atoms with Gasteiger partial charge in [-0.15, -0.1) is 11.3 Å². The SMILES string of the molecule is Cc1ccc(S(=O)(=O)N2CC(O)c3ccsc3C2C)cc1. The number of fused-ring (bicyclic) bond motifs is 1. The smallest absolute Gasteiger partial charge is 0.243 e. The maximum Gasteiger partial charge on any atom is 0.243 e. The number of aliphatic hydroxyl groups excluding tert-OH is 1. The second-order valence-electron chi connectivity index (χ2n) is 5.32. The van der Waals surface area contributed by atoms with Gasteiger partial charge in [-0.2, -0.15) is 4.31 Å². The predicted octanol–water partition coefficient (Wildman–Crippen LogP) is 2.86. The van der Waals surface area contributed by atoms with Crippen LogP contribution in [0.4, 0.5) is 0 Å². The van der Waals surface area contributed by atoms with Crippen LogP contribution in [0, 0.1) is 6.92 Å². The molecule has 2 aromatic rings. The van der Waals surface area contributed by atoms with E-state index < -0.39 is 16.1 Å². The molecule has 0 spiro atoms. The van der Waals surface area contributed by atoms with Crippen LogP contribution >= 0.6 is 11.3 Å². The Morgan fingerprint density at radius 1 is 1.24 bits per heavy atom. The third-order valence-corrected chi connectivity index (χ3v) is 6.93. The quantitative estimate of drug-likeness (QED) is 0.924. The first-order valence-corrected chi connectivity index (χ1v) is 9.07. The van der Waals surface area contributed by atoms with Crippen molar-refractivity contribution < 1.29 is 13.5 Å². The number of rotatable bonds is 2. The molecule has 0 radical (unpaired) electrons. The number of nitrogens with zero attached hydrogens (tertiary/aromatic N) is 1. The molecule has 0 bridgehead atoms. The third-order valence-electron chi connectivity index (χ3n) is 3.88. The highest BCUT2D eigenvalue weighted by Crippen LogP contribution is 2.40. The Balaban J connectivity index is 2.02. The number of thiophene rings is 1. The molecule has 112 valence electrons. The van der Waals surface area contributed by atoms with Crippen molar-refractivity contribution in [1.82, 2.24) is 4.31 Å². The summed E-state index contributed by atoms with van der Waals surface area (Å²) >= 11 is 1.49. The van der Waals surface area contributed by atoms with E-state index in [9.17, 15) is 13.5 Å². The van der Waals surface area contributed by atoms with Crippen LogP contribution < -0.4 is 0 Å². The Labute approximate surface area is 128 Å². The topological polar surface area (TPSA) is 57.6 Å². The standard InChI is InChI=1S/C15H17NO3S2/c1-10-3-5-12(6-4-10)21(18,19)16-9-14(17)13-7-8-20-15(13)11(16)2/h3-8,11,14,17H,9H2,1-2H3. The van der Waals surface area contributed by atoms with Gasteiger partial charge in [0, 0.05) is 11.4 Å². The molecule has 3 rings (SSSR count). The van der Waals surface area contributed by atoms with Gasteiger partial charge in [0.15, 0.2) is 0 Å². The van der Waals surface area contributed by atoms with Crippen LogP contribution in [0.2, 0.25) is 0 Å².